The summed E-state index contributed by atoms with van der Waals surface area (Å²) in [6.45, 7) is 2.23. The van der Waals surface area contributed by atoms with Gasteiger partial charge in [0, 0.05) is 6.20 Å². The van der Waals surface area contributed by atoms with E-state index in [1.54, 1.807) is 12.3 Å². The lowest BCUT2D eigenvalue weighted by Gasteiger charge is -2.02. The van der Waals surface area contributed by atoms with Gasteiger partial charge in [-0.1, -0.05) is 5.92 Å². The number of halogens is 1. The molecule has 1 aromatic rings. The summed E-state index contributed by atoms with van der Waals surface area (Å²) < 4.78 is 2.05. The fraction of sp³-hybridized carbons (Fsp3) is 0.222. The lowest BCUT2D eigenvalue weighted by atomic mass is 10.3. The van der Waals surface area contributed by atoms with Gasteiger partial charge in [0.25, 0.3) is 5.56 Å². The minimum Gasteiger partial charge on any atom is -0.303 e. The molecule has 3 heteroatoms. The van der Waals surface area contributed by atoms with E-state index in [4.69, 9.17) is 6.42 Å². The van der Waals surface area contributed by atoms with Crippen LogP contribution >= 0.6 is 15.9 Å². The van der Waals surface area contributed by atoms with Crippen LogP contribution in [0.1, 0.15) is 5.56 Å². The van der Waals surface area contributed by atoms with Crippen molar-refractivity contribution in [2.24, 2.45) is 0 Å². The van der Waals surface area contributed by atoms with Gasteiger partial charge in [-0.3, -0.25) is 4.79 Å². The van der Waals surface area contributed by atoms with Crippen LogP contribution in [-0.4, -0.2) is 4.57 Å². The third-order valence-electron chi connectivity index (χ3n) is 1.44. The molecule has 0 aliphatic heterocycles. The number of hydrogen-bond acceptors (Lipinski definition) is 1. The highest BCUT2D eigenvalue weighted by atomic mass is 79.9. The third-order valence-corrected chi connectivity index (χ3v) is 2.01. The first kappa shape index (κ1) is 9.08. The molecule has 1 aromatic heterocycles. The smallest absolute Gasteiger partial charge is 0.265 e. The Hall–Kier alpha value is -1.01. The van der Waals surface area contributed by atoms with E-state index < -0.39 is 0 Å². The second kappa shape index (κ2) is 3.59. The molecule has 0 aromatic carbocycles. The van der Waals surface area contributed by atoms with Crippen LogP contribution in [0.4, 0.5) is 0 Å². The van der Waals surface area contributed by atoms with E-state index in [0.717, 1.165) is 5.56 Å². The minimum atomic E-state index is -0.0847. The van der Waals surface area contributed by atoms with E-state index in [0.29, 0.717) is 11.0 Å². The average Bonchev–Trinajstić information content (AvgIpc) is 2.00. The maximum absolute atomic E-state index is 11.3. The lowest BCUT2D eigenvalue weighted by molar-refractivity contribution is 0.785. The van der Waals surface area contributed by atoms with Crippen LogP contribution in [0.5, 0.6) is 0 Å². The van der Waals surface area contributed by atoms with Crippen molar-refractivity contribution in [2.75, 3.05) is 0 Å². The molecule has 0 N–H and O–H groups in total. The Balaban J connectivity index is 3.30. The van der Waals surface area contributed by atoms with Gasteiger partial charge in [-0.15, -0.1) is 6.42 Å². The van der Waals surface area contributed by atoms with E-state index in [9.17, 15) is 4.79 Å². The van der Waals surface area contributed by atoms with Crippen molar-refractivity contribution in [1.29, 1.82) is 0 Å². The molecule has 62 valence electrons. The van der Waals surface area contributed by atoms with E-state index in [-0.39, 0.29) is 5.56 Å². The largest absolute Gasteiger partial charge is 0.303 e. The summed E-state index contributed by atoms with van der Waals surface area (Å²) >= 11 is 3.16. The molecule has 0 saturated carbocycles. The molecule has 0 bridgehead atoms. The number of rotatable bonds is 1. The third kappa shape index (κ3) is 1.77. The van der Waals surface area contributed by atoms with Crippen molar-refractivity contribution in [1.82, 2.24) is 4.57 Å². The summed E-state index contributed by atoms with van der Waals surface area (Å²) in [7, 11) is 0. The number of aryl methyl sites for hydroxylation is 1. The van der Waals surface area contributed by atoms with Crippen molar-refractivity contribution in [3.63, 3.8) is 0 Å². The van der Waals surface area contributed by atoms with Crippen molar-refractivity contribution in [3.05, 3.63) is 32.7 Å². The molecule has 12 heavy (non-hydrogen) atoms. The van der Waals surface area contributed by atoms with Crippen molar-refractivity contribution in [2.45, 2.75) is 13.5 Å². The zero-order valence-electron chi connectivity index (χ0n) is 6.67. The van der Waals surface area contributed by atoms with Crippen LogP contribution in [0.25, 0.3) is 0 Å². The number of pyridine rings is 1. The molecule has 0 fully saturated rings. The van der Waals surface area contributed by atoms with Gasteiger partial charge >= 0.3 is 0 Å². The summed E-state index contributed by atoms with van der Waals surface area (Å²) in [5.41, 5.74) is 0.926. The number of terminal acetylenes is 1. The van der Waals surface area contributed by atoms with Crippen LogP contribution < -0.4 is 5.56 Å². The van der Waals surface area contributed by atoms with Gasteiger partial charge in [0.2, 0.25) is 0 Å². The SMILES string of the molecule is C#CCn1cc(C)cc(Br)c1=O. The highest BCUT2D eigenvalue weighted by molar-refractivity contribution is 9.10. The molecule has 0 saturated heterocycles. The molecule has 0 atom stereocenters. The van der Waals surface area contributed by atoms with Gasteiger partial charge in [-0.2, -0.15) is 0 Å². The Morgan fingerprint density at radius 2 is 2.42 bits per heavy atom. The fourth-order valence-electron chi connectivity index (χ4n) is 0.956. The zero-order valence-corrected chi connectivity index (χ0v) is 8.26. The predicted octanol–water partition coefficient (Wildman–Crippen LogP) is 1.55. The molecule has 0 radical (unpaired) electrons. The molecule has 0 unspecified atom stereocenters. The van der Waals surface area contributed by atoms with Crippen LogP contribution in [-0.2, 0) is 6.54 Å². The van der Waals surface area contributed by atoms with E-state index in [1.165, 1.54) is 4.57 Å². The van der Waals surface area contributed by atoms with Crippen molar-refractivity contribution >= 4 is 15.9 Å². The molecule has 0 amide bonds. The Bertz CT molecular complexity index is 386. The average molecular weight is 226 g/mol. The Morgan fingerprint density at radius 1 is 1.75 bits per heavy atom. The molecule has 1 rings (SSSR count). The van der Waals surface area contributed by atoms with Crippen molar-refractivity contribution < 1.29 is 0 Å². The maximum atomic E-state index is 11.3. The van der Waals surface area contributed by atoms with Crippen LogP contribution in [0.3, 0.4) is 0 Å². The summed E-state index contributed by atoms with van der Waals surface area (Å²) in [4.78, 5) is 11.3. The van der Waals surface area contributed by atoms with Gasteiger partial charge < -0.3 is 4.57 Å². The number of aromatic nitrogens is 1. The zero-order chi connectivity index (χ0) is 9.14. The van der Waals surface area contributed by atoms with E-state index >= 15 is 0 Å². The molecule has 2 nitrogen and oxygen atoms in total. The van der Waals surface area contributed by atoms with E-state index in [1.807, 2.05) is 6.92 Å². The normalized spacial score (nSPS) is 9.42. The lowest BCUT2D eigenvalue weighted by Crippen LogP contribution is -2.19. The van der Waals surface area contributed by atoms with Gasteiger partial charge in [0.05, 0.1) is 11.0 Å². The molecular formula is C9H8BrNO. The monoisotopic (exact) mass is 225 g/mol. The first-order chi connectivity index (χ1) is 5.65. The Labute approximate surface area is 79.3 Å². The predicted molar refractivity (Wildman–Crippen MR) is 52.0 cm³/mol. The summed E-state index contributed by atoms with van der Waals surface area (Å²) in [6, 6.07) is 1.77. The van der Waals surface area contributed by atoms with E-state index in [2.05, 4.69) is 21.9 Å². The molecule has 0 spiro atoms. The van der Waals surface area contributed by atoms with Crippen LogP contribution in [0.15, 0.2) is 21.5 Å². The summed E-state index contributed by atoms with van der Waals surface area (Å²) in [5.74, 6) is 2.42. The molecule has 0 aliphatic rings. The number of hydrogen-bond donors (Lipinski definition) is 0. The highest BCUT2D eigenvalue weighted by Crippen LogP contribution is 2.05. The van der Waals surface area contributed by atoms with Crippen LogP contribution in [0, 0.1) is 19.3 Å². The Kier molecular flexibility index (Phi) is 2.72. The van der Waals surface area contributed by atoms with Gasteiger partial charge in [-0.05, 0) is 34.5 Å². The second-order valence-corrected chi connectivity index (χ2v) is 3.36. The fourth-order valence-corrected chi connectivity index (χ4v) is 1.55. The quantitative estimate of drug-likeness (QED) is 0.666. The topological polar surface area (TPSA) is 22.0 Å². The standard InChI is InChI=1S/C9H8BrNO/c1-3-4-11-6-7(2)5-8(10)9(11)12/h1,5-6H,4H2,2H3. The summed E-state index contributed by atoms with van der Waals surface area (Å²) in [6.07, 6.45) is 6.85. The van der Waals surface area contributed by atoms with Crippen molar-refractivity contribution in [3.8, 4) is 12.3 Å². The molecular weight excluding hydrogens is 218 g/mol. The second-order valence-electron chi connectivity index (χ2n) is 2.50. The summed E-state index contributed by atoms with van der Waals surface area (Å²) in [5, 5.41) is 0. The van der Waals surface area contributed by atoms with Gasteiger partial charge in [-0.25, -0.2) is 0 Å². The first-order valence-electron chi connectivity index (χ1n) is 3.45. The van der Waals surface area contributed by atoms with Gasteiger partial charge in [0.15, 0.2) is 0 Å². The molecule has 0 aliphatic carbocycles. The minimum absolute atomic E-state index is 0.0847. The van der Waals surface area contributed by atoms with Crippen LogP contribution in [0.2, 0.25) is 0 Å². The maximum Gasteiger partial charge on any atom is 0.265 e. The highest BCUT2D eigenvalue weighted by Gasteiger charge is 1.99. The van der Waals surface area contributed by atoms with Gasteiger partial charge in [0.1, 0.15) is 0 Å². The first-order valence-corrected chi connectivity index (χ1v) is 4.24. The molecule has 1 heterocycles. The Morgan fingerprint density at radius 3 is 3.00 bits per heavy atom. The number of nitrogens with zero attached hydrogens (tertiary/aromatic N) is 1.